The van der Waals surface area contributed by atoms with E-state index in [4.69, 9.17) is 0 Å². The van der Waals surface area contributed by atoms with Crippen molar-refractivity contribution in [2.24, 2.45) is 17.8 Å². The SMILES string of the molecule is CC(C)CCSc1ccccc1.CC(C)CCc1ccc2ccccc2c1.CC(C)Cc1ccccc1. The molecule has 0 unspecified atom stereocenters. The van der Waals surface area contributed by atoms with E-state index >= 15 is 0 Å². The maximum atomic E-state index is 2.32. The molecule has 0 atom stereocenters. The van der Waals surface area contributed by atoms with Crippen LogP contribution in [0.1, 0.15) is 65.5 Å². The van der Waals surface area contributed by atoms with Gasteiger partial charge in [0.1, 0.15) is 0 Å². The smallest absolute Gasteiger partial charge is 0.00719 e. The largest absolute Gasteiger partial charge is 0.126 e. The summed E-state index contributed by atoms with van der Waals surface area (Å²) in [5.74, 6) is 3.61. The monoisotopic (exact) mass is 512 g/mol. The molecular formula is C36H48S. The molecule has 0 aliphatic rings. The summed E-state index contributed by atoms with van der Waals surface area (Å²) in [5.41, 5.74) is 2.90. The fourth-order valence-corrected chi connectivity index (χ4v) is 5.04. The van der Waals surface area contributed by atoms with Crippen LogP contribution in [-0.4, -0.2) is 5.75 Å². The van der Waals surface area contributed by atoms with E-state index in [1.807, 2.05) is 11.8 Å². The molecule has 0 fully saturated rings. The maximum Gasteiger partial charge on any atom is 0.00719 e. The summed E-state index contributed by atoms with van der Waals surface area (Å²) in [6.45, 7) is 13.6. The lowest BCUT2D eigenvalue weighted by Crippen LogP contribution is -1.92. The summed E-state index contributed by atoms with van der Waals surface area (Å²) >= 11 is 1.95. The van der Waals surface area contributed by atoms with Crippen LogP contribution in [0.15, 0.2) is 108 Å². The molecule has 0 bridgehead atoms. The molecule has 0 radical (unpaired) electrons. The minimum absolute atomic E-state index is 0.766. The minimum Gasteiger partial charge on any atom is -0.126 e. The van der Waals surface area contributed by atoms with Crippen LogP contribution in [0.5, 0.6) is 0 Å². The van der Waals surface area contributed by atoms with E-state index in [0.29, 0.717) is 0 Å². The molecule has 37 heavy (non-hydrogen) atoms. The third-order valence-electron chi connectivity index (χ3n) is 6.02. The van der Waals surface area contributed by atoms with Crippen LogP contribution in [0.3, 0.4) is 0 Å². The van der Waals surface area contributed by atoms with E-state index < -0.39 is 0 Å². The quantitative estimate of drug-likeness (QED) is 0.201. The Morgan fingerprint density at radius 3 is 1.68 bits per heavy atom. The van der Waals surface area contributed by atoms with Crippen molar-refractivity contribution in [3.8, 4) is 0 Å². The fraction of sp³-hybridized carbons (Fsp3) is 0.389. The van der Waals surface area contributed by atoms with E-state index in [1.54, 1.807) is 0 Å². The van der Waals surface area contributed by atoms with Gasteiger partial charge in [0.2, 0.25) is 0 Å². The Kier molecular flexibility index (Phi) is 14.8. The minimum atomic E-state index is 0.766. The summed E-state index contributed by atoms with van der Waals surface area (Å²) in [5, 5.41) is 2.70. The van der Waals surface area contributed by atoms with Crippen LogP contribution >= 0.6 is 11.8 Å². The van der Waals surface area contributed by atoms with Crippen molar-refractivity contribution < 1.29 is 0 Å². The summed E-state index contributed by atoms with van der Waals surface area (Å²) < 4.78 is 0. The van der Waals surface area contributed by atoms with Crippen LogP contribution < -0.4 is 0 Å². The highest BCUT2D eigenvalue weighted by Crippen LogP contribution is 2.19. The summed E-state index contributed by atoms with van der Waals surface area (Å²) in [6, 6.07) is 36.6. The Bertz CT molecular complexity index is 1100. The van der Waals surface area contributed by atoms with E-state index in [1.165, 1.54) is 58.2 Å². The Morgan fingerprint density at radius 1 is 0.514 bits per heavy atom. The third kappa shape index (κ3) is 14.1. The van der Waals surface area contributed by atoms with Gasteiger partial charge >= 0.3 is 0 Å². The lowest BCUT2D eigenvalue weighted by Gasteiger charge is -2.06. The number of hydrogen-bond donors (Lipinski definition) is 0. The topological polar surface area (TPSA) is 0 Å². The lowest BCUT2D eigenvalue weighted by molar-refractivity contribution is 0.587. The molecule has 0 saturated heterocycles. The van der Waals surface area contributed by atoms with Gasteiger partial charge in [0.05, 0.1) is 0 Å². The highest BCUT2D eigenvalue weighted by molar-refractivity contribution is 7.99. The molecule has 0 aliphatic carbocycles. The Hall–Kier alpha value is -2.51. The first-order valence-electron chi connectivity index (χ1n) is 14.0. The van der Waals surface area contributed by atoms with Gasteiger partial charge in [-0.2, -0.15) is 0 Å². The molecular weight excluding hydrogens is 464 g/mol. The van der Waals surface area contributed by atoms with Gasteiger partial charge < -0.3 is 0 Å². The zero-order chi connectivity index (χ0) is 26.9. The van der Waals surface area contributed by atoms with Crippen LogP contribution in [0.4, 0.5) is 0 Å². The highest BCUT2D eigenvalue weighted by Gasteiger charge is 1.99. The molecule has 4 aromatic carbocycles. The van der Waals surface area contributed by atoms with Crippen molar-refractivity contribution >= 4 is 22.5 Å². The van der Waals surface area contributed by atoms with Gasteiger partial charge in [-0.05, 0) is 83.2 Å². The molecule has 0 amide bonds. The van der Waals surface area contributed by atoms with Gasteiger partial charge in [-0.15, -0.1) is 11.8 Å². The first-order valence-corrected chi connectivity index (χ1v) is 15.0. The van der Waals surface area contributed by atoms with E-state index in [-0.39, 0.29) is 0 Å². The zero-order valence-electron chi connectivity index (χ0n) is 24.0. The Labute approximate surface area is 231 Å². The molecule has 0 aromatic heterocycles. The Morgan fingerprint density at radius 2 is 1.08 bits per heavy atom. The number of benzene rings is 4. The summed E-state index contributed by atoms with van der Waals surface area (Å²) in [7, 11) is 0. The molecule has 0 spiro atoms. The molecule has 0 heterocycles. The van der Waals surface area contributed by atoms with Gasteiger partial charge in [-0.3, -0.25) is 0 Å². The average Bonchev–Trinajstić information content (AvgIpc) is 2.89. The first-order chi connectivity index (χ1) is 17.8. The van der Waals surface area contributed by atoms with Crippen molar-refractivity contribution in [2.75, 3.05) is 5.75 Å². The first kappa shape index (κ1) is 30.7. The number of thioether (sulfide) groups is 1. The number of aryl methyl sites for hydroxylation is 1. The van der Waals surface area contributed by atoms with Crippen molar-refractivity contribution in [1.29, 1.82) is 0 Å². The molecule has 1 heteroatoms. The number of rotatable bonds is 9. The van der Waals surface area contributed by atoms with E-state index in [0.717, 1.165) is 17.8 Å². The predicted molar refractivity (Wildman–Crippen MR) is 169 cm³/mol. The third-order valence-corrected chi connectivity index (χ3v) is 7.06. The summed E-state index contributed by atoms with van der Waals surface area (Å²) in [6.07, 6.45) is 4.97. The lowest BCUT2D eigenvalue weighted by atomic mass is 10.00. The van der Waals surface area contributed by atoms with Crippen molar-refractivity contribution in [1.82, 2.24) is 0 Å². The van der Waals surface area contributed by atoms with Crippen LogP contribution in [0.2, 0.25) is 0 Å². The van der Waals surface area contributed by atoms with Crippen molar-refractivity contribution in [3.63, 3.8) is 0 Å². The van der Waals surface area contributed by atoms with Crippen LogP contribution in [-0.2, 0) is 12.8 Å². The number of hydrogen-bond acceptors (Lipinski definition) is 1. The van der Waals surface area contributed by atoms with Gasteiger partial charge in [-0.1, -0.05) is 133 Å². The molecule has 0 N–H and O–H groups in total. The highest BCUT2D eigenvalue weighted by atomic mass is 32.2. The normalized spacial score (nSPS) is 10.7. The average molecular weight is 513 g/mol. The molecule has 4 aromatic rings. The second kappa shape index (κ2) is 17.9. The van der Waals surface area contributed by atoms with Gasteiger partial charge in [0.25, 0.3) is 0 Å². The second-order valence-corrected chi connectivity index (χ2v) is 12.2. The predicted octanol–water partition coefficient (Wildman–Crippen LogP) is 11.1. The Balaban J connectivity index is 0.000000200. The van der Waals surface area contributed by atoms with Gasteiger partial charge in [0.15, 0.2) is 0 Å². The van der Waals surface area contributed by atoms with Crippen molar-refractivity contribution in [2.45, 2.75) is 72.1 Å². The number of fused-ring (bicyclic) bond motifs is 1. The van der Waals surface area contributed by atoms with Gasteiger partial charge in [0, 0.05) is 4.90 Å². The molecule has 0 nitrogen and oxygen atoms in total. The maximum absolute atomic E-state index is 2.32. The molecule has 198 valence electrons. The van der Waals surface area contributed by atoms with Crippen LogP contribution in [0.25, 0.3) is 10.8 Å². The van der Waals surface area contributed by atoms with E-state index in [2.05, 4.69) is 145 Å². The molecule has 0 saturated carbocycles. The standard InChI is InChI=1S/C15H18.C11H16S.C10H14/c1-12(2)7-8-13-9-10-14-5-3-4-6-15(14)11-13;1-10(2)8-9-12-11-6-4-3-5-7-11;1-9(2)8-10-6-4-3-5-7-10/h3-6,9-12H,7-8H2,1-2H3;3-7,10H,8-9H2,1-2H3;3-7,9H,8H2,1-2H3. The van der Waals surface area contributed by atoms with Crippen LogP contribution in [0, 0.1) is 17.8 Å². The molecule has 0 aliphatic heterocycles. The van der Waals surface area contributed by atoms with Crippen molar-refractivity contribution in [3.05, 3.63) is 114 Å². The fourth-order valence-electron chi connectivity index (χ4n) is 3.86. The zero-order valence-corrected chi connectivity index (χ0v) is 24.8. The van der Waals surface area contributed by atoms with Gasteiger partial charge in [-0.25, -0.2) is 0 Å². The van der Waals surface area contributed by atoms with E-state index in [9.17, 15) is 0 Å². The molecule has 4 rings (SSSR count). The second-order valence-electron chi connectivity index (χ2n) is 11.0. The summed E-state index contributed by atoms with van der Waals surface area (Å²) in [4.78, 5) is 1.39.